The van der Waals surface area contributed by atoms with Crippen LogP contribution in [0.3, 0.4) is 0 Å². The van der Waals surface area contributed by atoms with Crippen LogP contribution in [0.1, 0.15) is 36.5 Å². The Morgan fingerprint density at radius 2 is 2.20 bits per heavy atom. The second-order valence-corrected chi connectivity index (χ2v) is 4.80. The summed E-state index contributed by atoms with van der Waals surface area (Å²) in [5, 5.41) is 11.9. The fourth-order valence-electron chi connectivity index (χ4n) is 2.19. The lowest BCUT2D eigenvalue weighted by molar-refractivity contribution is 0.0943. The average molecular weight is 280 g/mol. The van der Waals surface area contributed by atoms with E-state index in [1.54, 1.807) is 18.2 Å². The van der Waals surface area contributed by atoms with Crippen molar-refractivity contribution in [2.45, 2.75) is 26.2 Å². The van der Waals surface area contributed by atoms with Crippen LogP contribution in [0, 0.1) is 5.92 Å². The number of nitrogens with two attached hydrogens (primary N) is 1. The van der Waals surface area contributed by atoms with Crippen LogP contribution in [0.15, 0.2) is 18.2 Å². The molecule has 0 aromatic heterocycles. The molecule has 0 heterocycles. The van der Waals surface area contributed by atoms with Gasteiger partial charge in [0.15, 0.2) is 0 Å². The first-order valence-electron chi connectivity index (χ1n) is 6.95. The molecule has 0 bridgehead atoms. The first kappa shape index (κ1) is 16.3. The number of methoxy groups -OCH3 is 1. The largest absolute Gasteiger partial charge is 0.495 e. The van der Waals surface area contributed by atoms with Crippen LogP contribution >= 0.6 is 0 Å². The van der Waals surface area contributed by atoms with Gasteiger partial charge in [-0.05, 0) is 30.9 Å². The van der Waals surface area contributed by atoms with Gasteiger partial charge >= 0.3 is 0 Å². The number of rotatable bonds is 8. The standard InChI is InChI=1S/C15H24N2O3/c1-3-5-11(8-9-18)10-17-15(19)12-6-4-7-13(20-2)14(12)16/h4,6-7,11,18H,3,5,8-10,16H2,1-2H3,(H,17,19). The molecule has 0 fully saturated rings. The van der Waals surface area contributed by atoms with Crippen molar-refractivity contribution in [1.29, 1.82) is 0 Å². The van der Waals surface area contributed by atoms with E-state index >= 15 is 0 Å². The van der Waals surface area contributed by atoms with Gasteiger partial charge in [-0.1, -0.05) is 19.4 Å². The molecule has 1 amide bonds. The van der Waals surface area contributed by atoms with Crippen LogP contribution in [0.5, 0.6) is 5.75 Å². The summed E-state index contributed by atoms with van der Waals surface area (Å²) < 4.78 is 5.10. The number of anilines is 1. The molecule has 0 spiro atoms. The first-order chi connectivity index (χ1) is 9.63. The molecule has 5 heteroatoms. The second-order valence-electron chi connectivity index (χ2n) is 4.80. The lowest BCUT2D eigenvalue weighted by Gasteiger charge is -2.16. The Hall–Kier alpha value is -1.75. The van der Waals surface area contributed by atoms with Crippen molar-refractivity contribution in [2.75, 3.05) is 26.0 Å². The summed E-state index contributed by atoms with van der Waals surface area (Å²) in [7, 11) is 1.52. The predicted octanol–water partition coefficient (Wildman–Crippen LogP) is 1.81. The minimum atomic E-state index is -0.208. The minimum Gasteiger partial charge on any atom is -0.495 e. The van der Waals surface area contributed by atoms with E-state index in [1.807, 2.05) is 0 Å². The predicted molar refractivity (Wildman–Crippen MR) is 79.8 cm³/mol. The number of hydrogen-bond acceptors (Lipinski definition) is 4. The third-order valence-electron chi connectivity index (χ3n) is 3.32. The van der Waals surface area contributed by atoms with Gasteiger partial charge in [-0.3, -0.25) is 4.79 Å². The van der Waals surface area contributed by atoms with Crippen molar-refractivity contribution in [3.05, 3.63) is 23.8 Å². The van der Waals surface area contributed by atoms with Gasteiger partial charge in [-0.25, -0.2) is 0 Å². The summed E-state index contributed by atoms with van der Waals surface area (Å²) in [4.78, 5) is 12.1. The number of carbonyl (C=O) groups excluding carboxylic acids is 1. The van der Waals surface area contributed by atoms with Crippen molar-refractivity contribution in [3.8, 4) is 5.75 Å². The Balaban J connectivity index is 2.66. The average Bonchev–Trinajstić information content (AvgIpc) is 2.45. The highest BCUT2D eigenvalue weighted by Gasteiger charge is 2.14. The normalized spacial score (nSPS) is 11.9. The minimum absolute atomic E-state index is 0.141. The molecule has 4 N–H and O–H groups in total. The number of amides is 1. The third-order valence-corrected chi connectivity index (χ3v) is 3.32. The fourth-order valence-corrected chi connectivity index (χ4v) is 2.19. The van der Waals surface area contributed by atoms with Gasteiger partial charge in [0, 0.05) is 13.2 Å². The highest BCUT2D eigenvalue weighted by Crippen LogP contribution is 2.24. The SMILES string of the molecule is CCCC(CCO)CNC(=O)c1cccc(OC)c1N. The topological polar surface area (TPSA) is 84.6 Å². The number of aliphatic hydroxyl groups is 1. The Bertz CT molecular complexity index is 429. The zero-order valence-corrected chi connectivity index (χ0v) is 12.2. The number of benzene rings is 1. The van der Waals surface area contributed by atoms with Crippen molar-refractivity contribution in [1.82, 2.24) is 5.32 Å². The van der Waals surface area contributed by atoms with Gasteiger partial charge in [0.1, 0.15) is 5.75 Å². The molecule has 0 aliphatic rings. The Morgan fingerprint density at radius 1 is 1.45 bits per heavy atom. The van der Waals surface area contributed by atoms with Crippen LogP contribution in [-0.2, 0) is 0 Å². The molecule has 0 radical (unpaired) electrons. The van der Waals surface area contributed by atoms with Crippen molar-refractivity contribution in [2.24, 2.45) is 5.92 Å². The quantitative estimate of drug-likeness (QED) is 0.634. The molecule has 112 valence electrons. The number of carbonyl (C=O) groups is 1. The first-order valence-corrected chi connectivity index (χ1v) is 6.95. The molecule has 0 saturated heterocycles. The highest BCUT2D eigenvalue weighted by atomic mass is 16.5. The maximum absolute atomic E-state index is 12.1. The van der Waals surface area contributed by atoms with Gasteiger partial charge in [0.05, 0.1) is 18.4 Å². The van der Waals surface area contributed by atoms with Crippen molar-refractivity contribution >= 4 is 11.6 Å². The molecule has 1 aromatic rings. The Morgan fingerprint density at radius 3 is 2.80 bits per heavy atom. The maximum atomic E-state index is 12.1. The van der Waals surface area contributed by atoms with Crippen LogP contribution in [0.25, 0.3) is 0 Å². The number of para-hydroxylation sites is 1. The zero-order valence-electron chi connectivity index (χ0n) is 12.2. The summed E-state index contributed by atoms with van der Waals surface area (Å²) in [5.41, 5.74) is 6.66. The third kappa shape index (κ3) is 4.42. The monoisotopic (exact) mass is 280 g/mol. The maximum Gasteiger partial charge on any atom is 0.253 e. The molecule has 1 aromatic carbocycles. The van der Waals surface area contributed by atoms with E-state index in [1.165, 1.54) is 7.11 Å². The van der Waals surface area contributed by atoms with Gasteiger partial charge in [-0.15, -0.1) is 0 Å². The van der Waals surface area contributed by atoms with Gasteiger partial charge in [0.25, 0.3) is 5.91 Å². The van der Waals surface area contributed by atoms with Crippen molar-refractivity contribution < 1.29 is 14.6 Å². The number of nitrogen functional groups attached to an aromatic ring is 1. The molecule has 5 nitrogen and oxygen atoms in total. The lowest BCUT2D eigenvalue weighted by Crippen LogP contribution is -2.30. The van der Waals surface area contributed by atoms with E-state index in [0.29, 0.717) is 35.9 Å². The van der Waals surface area contributed by atoms with Gasteiger partial charge < -0.3 is 20.9 Å². The second kappa shape index (κ2) is 8.43. The van der Waals surface area contributed by atoms with Gasteiger partial charge in [-0.2, -0.15) is 0 Å². The number of aliphatic hydroxyl groups excluding tert-OH is 1. The molecule has 0 aliphatic heterocycles. The molecule has 1 atom stereocenters. The molecule has 20 heavy (non-hydrogen) atoms. The molecule has 1 unspecified atom stereocenters. The zero-order chi connectivity index (χ0) is 15.0. The number of nitrogens with one attached hydrogen (secondary N) is 1. The highest BCUT2D eigenvalue weighted by molar-refractivity contribution is 6.00. The summed E-state index contributed by atoms with van der Waals surface area (Å²) in [6.45, 7) is 2.78. The summed E-state index contributed by atoms with van der Waals surface area (Å²) in [6.07, 6.45) is 2.71. The molecular weight excluding hydrogens is 256 g/mol. The summed E-state index contributed by atoms with van der Waals surface area (Å²) in [5.74, 6) is 0.583. The molecule has 1 rings (SSSR count). The lowest BCUT2D eigenvalue weighted by atomic mass is 10.00. The molecular formula is C15H24N2O3. The number of ether oxygens (including phenoxy) is 1. The van der Waals surface area contributed by atoms with E-state index in [2.05, 4.69) is 12.2 Å². The van der Waals surface area contributed by atoms with E-state index in [-0.39, 0.29) is 12.5 Å². The summed E-state index contributed by atoms with van der Waals surface area (Å²) in [6, 6.07) is 5.13. The van der Waals surface area contributed by atoms with E-state index in [0.717, 1.165) is 12.8 Å². The summed E-state index contributed by atoms with van der Waals surface area (Å²) >= 11 is 0. The van der Waals surface area contributed by atoms with Crippen LogP contribution < -0.4 is 15.8 Å². The van der Waals surface area contributed by atoms with E-state index < -0.39 is 0 Å². The fraction of sp³-hybridized carbons (Fsp3) is 0.533. The van der Waals surface area contributed by atoms with Crippen molar-refractivity contribution in [3.63, 3.8) is 0 Å². The smallest absolute Gasteiger partial charge is 0.253 e. The molecule has 0 aliphatic carbocycles. The van der Waals surface area contributed by atoms with Crippen LogP contribution in [0.2, 0.25) is 0 Å². The van der Waals surface area contributed by atoms with Gasteiger partial charge in [0.2, 0.25) is 0 Å². The Kier molecular flexibility index (Phi) is 6.87. The van der Waals surface area contributed by atoms with Crippen LogP contribution in [-0.4, -0.2) is 31.3 Å². The van der Waals surface area contributed by atoms with E-state index in [4.69, 9.17) is 15.6 Å². The Labute approximate surface area is 120 Å². The van der Waals surface area contributed by atoms with Crippen LogP contribution in [0.4, 0.5) is 5.69 Å². The molecule has 0 saturated carbocycles. The number of hydrogen-bond donors (Lipinski definition) is 3. The van der Waals surface area contributed by atoms with E-state index in [9.17, 15) is 4.79 Å².